The van der Waals surface area contributed by atoms with Crippen molar-refractivity contribution in [2.75, 3.05) is 12.4 Å². The zero-order valence-electron chi connectivity index (χ0n) is 21.4. The number of hydrogen-bond donors (Lipinski definition) is 2. The van der Waals surface area contributed by atoms with Gasteiger partial charge in [-0.15, -0.1) is 0 Å². The summed E-state index contributed by atoms with van der Waals surface area (Å²) in [6.45, 7) is 1.91. The summed E-state index contributed by atoms with van der Waals surface area (Å²) in [5.74, 6) is -0.508. The number of carbonyl (C=O) groups excluding carboxylic acids is 3. The van der Waals surface area contributed by atoms with Crippen LogP contribution in [-0.4, -0.2) is 31.1 Å². The molecule has 4 aromatic rings. The number of halogens is 2. The lowest BCUT2D eigenvalue weighted by atomic mass is 10.1. The van der Waals surface area contributed by atoms with Crippen LogP contribution in [0, 0.1) is 6.92 Å². The van der Waals surface area contributed by atoms with Crippen molar-refractivity contribution in [2.45, 2.75) is 6.92 Å². The number of esters is 1. The normalized spacial score (nSPS) is 10.7. The molecule has 8 nitrogen and oxygen atoms in total. The zero-order valence-corrected chi connectivity index (χ0v) is 24.6. The quantitative estimate of drug-likeness (QED) is 0.0937. The summed E-state index contributed by atoms with van der Waals surface area (Å²) >= 11 is 6.83. The first-order valence-electron chi connectivity index (χ1n) is 11.9. The van der Waals surface area contributed by atoms with Gasteiger partial charge in [0.1, 0.15) is 5.75 Å². The van der Waals surface area contributed by atoms with Crippen molar-refractivity contribution in [1.82, 2.24) is 5.43 Å². The number of carbonyl (C=O) groups is 3. The van der Waals surface area contributed by atoms with Gasteiger partial charge in [-0.05, 0) is 89.6 Å². The Bertz CT molecular complexity index is 1600. The third-order valence-electron chi connectivity index (χ3n) is 5.59. The molecule has 10 heteroatoms. The van der Waals surface area contributed by atoms with Crippen LogP contribution in [-0.2, 0) is 0 Å². The van der Waals surface area contributed by atoms with Gasteiger partial charge in [-0.25, -0.2) is 10.2 Å². The average molecular weight is 665 g/mol. The number of rotatable bonds is 8. The molecular formula is C30H23Br2N3O5. The van der Waals surface area contributed by atoms with Crippen LogP contribution < -0.4 is 20.2 Å². The molecule has 2 N–H and O–H groups in total. The Morgan fingerprint density at radius 2 is 1.52 bits per heavy atom. The van der Waals surface area contributed by atoms with E-state index in [9.17, 15) is 14.4 Å². The average Bonchev–Trinajstić information content (AvgIpc) is 2.94. The first-order valence-corrected chi connectivity index (χ1v) is 13.5. The fourth-order valence-corrected chi connectivity index (χ4v) is 4.95. The van der Waals surface area contributed by atoms with E-state index in [1.54, 1.807) is 78.9 Å². The second kappa shape index (κ2) is 13.2. The highest BCUT2D eigenvalue weighted by atomic mass is 79.9. The van der Waals surface area contributed by atoms with Crippen LogP contribution in [0.2, 0.25) is 0 Å². The number of nitrogens with zero attached hydrogens (tertiary/aromatic N) is 1. The topological polar surface area (TPSA) is 106 Å². The van der Waals surface area contributed by atoms with Gasteiger partial charge < -0.3 is 14.8 Å². The molecule has 0 bridgehead atoms. The molecule has 0 aliphatic rings. The van der Waals surface area contributed by atoms with Gasteiger partial charge in [0, 0.05) is 26.9 Å². The second-order valence-corrected chi connectivity index (χ2v) is 10.3. The van der Waals surface area contributed by atoms with Crippen molar-refractivity contribution < 1.29 is 23.9 Å². The number of methoxy groups -OCH3 is 1. The van der Waals surface area contributed by atoms with Crippen LogP contribution in [0.5, 0.6) is 11.5 Å². The number of benzene rings is 4. The fourth-order valence-electron chi connectivity index (χ4n) is 3.62. The number of amides is 2. The molecule has 4 rings (SSSR count). The molecule has 0 spiro atoms. The largest absolute Gasteiger partial charge is 0.497 e. The van der Waals surface area contributed by atoms with Crippen LogP contribution in [0.4, 0.5) is 5.69 Å². The first-order chi connectivity index (χ1) is 19.2. The lowest BCUT2D eigenvalue weighted by Gasteiger charge is -2.11. The Labute approximate surface area is 247 Å². The highest BCUT2D eigenvalue weighted by Gasteiger charge is 2.16. The van der Waals surface area contributed by atoms with E-state index in [0.29, 0.717) is 42.6 Å². The van der Waals surface area contributed by atoms with Crippen LogP contribution in [0.3, 0.4) is 0 Å². The van der Waals surface area contributed by atoms with Crippen molar-refractivity contribution in [1.29, 1.82) is 0 Å². The molecule has 4 aromatic carbocycles. The summed E-state index contributed by atoms with van der Waals surface area (Å²) in [6, 6.07) is 23.6. The van der Waals surface area contributed by atoms with Crippen LogP contribution in [0.25, 0.3) is 0 Å². The molecule has 0 saturated heterocycles. The van der Waals surface area contributed by atoms with Crippen molar-refractivity contribution in [3.63, 3.8) is 0 Å². The van der Waals surface area contributed by atoms with E-state index in [-0.39, 0.29) is 11.7 Å². The standard InChI is InChI=1S/C30H23Br2N3O5/c1-18-5-3-6-20(13-18)28(36)34-24-8-4-7-21(15-24)29(37)35-33-17-22-14-23(31)16-26(32)27(22)40-30(38)19-9-11-25(39-2)12-10-19/h3-17H,1-2H3,(H,34,36)(H,35,37). The molecule has 0 saturated carbocycles. The van der Waals surface area contributed by atoms with Gasteiger partial charge in [0.2, 0.25) is 0 Å². The van der Waals surface area contributed by atoms with E-state index in [4.69, 9.17) is 9.47 Å². The molecule has 0 aliphatic heterocycles. The molecule has 40 heavy (non-hydrogen) atoms. The highest BCUT2D eigenvalue weighted by Crippen LogP contribution is 2.33. The SMILES string of the molecule is COc1ccc(C(=O)Oc2c(Br)cc(Br)cc2C=NNC(=O)c2cccc(NC(=O)c3cccc(C)c3)c2)cc1. The minimum absolute atomic E-state index is 0.225. The molecule has 0 radical (unpaired) electrons. The lowest BCUT2D eigenvalue weighted by Crippen LogP contribution is -2.18. The Hall–Kier alpha value is -4.28. The van der Waals surface area contributed by atoms with E-state index in [2.05, 4.69) is 47.7 Å². The molecule has 0 unspecified atom stereocenters. The van der Waals surface area contributed by atoms with Gasteiger partial charge in [-0.2, -0.15) is 5.10 Å². The van der Waals surface area contributed by atoms with Crippen molar-refractivity contribution in [3.8, 4) is 11.5 Å². The highest BCUT2D eigenvalue weighted by molar-refractivity contribution is 9.11. The first kappa shape index (κ1) is 28.7. The number of hydrazone groups is 1. The minimum Gasteiger partial charge on any atom is -0.497 e. The van der Waals surface area contributed by atoms with Crippen molar-refractivity contribution in [2.24, 2.45) is 5.10 Å². The smallest absolute Gasteiger partial charge is 0.343 e. The fraction of sp³-hybridized carbons (Fsp3) is 0.0667. The van der Waals surface area contributed by atoms with Gasteiger partial charge in [0.15, 0.2) is 5.75 Å². The molecule has 0 heterocycles. The van der Waals surface area contributed by atoms with Gasteiger partial charge in [0.25, 0.3) is 11.8 Å². The predicted molar refractivity (Wildman–Crippen MR) is 160 cm³/mol. The molecule has 0 atom stereocenters. The monoisotopic (exact) mass is 663 g/mol. The zero-order chi connectivity index (χ0) is 28.6. The van der Waals surface area contributed by atoms with Crippen LogP contribution in [0.1, 0.15) is 42.2 Å². The van der Waals surface area contributed by atoms with Gasteiger partial charge in [-0.1, -0.05) is 39.7 Å². The van der Waals surface area contributed by atoms with E-state index in [1.165, 1.54) is 13.3 Å². The number of aryl methyl sites for hydroxylation is 1. The van der Waals surface area contributed by atoms with Gasteiger partial charge in [0.05, 0.1) is 23.4 Å². The molecule has 0 aliphatic carbocycles. The summed E-state index contributed by atoms with van der Waals surface area (Å²) < 4.78 is 12.0. The second-order valence-electron chi connectivity index (χ2n) is 8.53. The Morgan fingerprint density at radius 1 is 0.825 bits per heavy atom. The molecule has 0 aromatic heterocycles. The Kier molecular flexibility index (Phi) is 9.47. The number of nitrogens with one attached hydrogen (secondary N) is 2. The number of ether oxygens (including phenoxy) is 2. The Morgan fingerprint density at radius 3 is 2.23 bits per heavy atom. The maximum absolute atomic E-state index is 12.8. The van der Waals surface area contributed by atoms with E-state index < -0.39 is 11.9 Å². The molecular weight excluding hydrogens is 642 g/mol. The molecule has 202 valence electrons. The van der Waals surface area contributed by atoms with Crippen LogP contribution >= 0.6 is 31.9 Å². The van der Waals surface area contributed by atoms with E-state index in [1.807, 2.05) is 13.0 Å². The third kappa shape index (κ3) is 7.43. The lowest BCUT2D eigenvalue weighted by molar-refractivity contribution is 0.0732. The summed E-state index contributed by atoms with van der Waals surface area (Å²) in [5.41, 5.74) is 5.47. The summed E-state index contributed by atoms with van der Waals surface area (Å²) in [6.07, 6.45) is 1.37. The molecule has 0 fully saturated rings. The van der Waals surface area contributed by atoms with Crippen molar-refractivity contribution >= 4 is 61.5 Å². The maximum atomic E-state index is 12.8. The summed E-state index contributed by atoms with van der Waals surface area (Å²) in [4.78, 5) is 38.1. The van der Waals surface area contributed by atoms with Gasteiger partial charge >= 0.3 is 5.97 Å². The Balaban J connectivity index is 1.46. The summed E-state index contributed by atoms with van der Waals surface area (Å²) in [5, 5.41) is 6.85. The van der Waals surface area contributed by atoms with Crippen molar-refractivity contribution in [3.05, 3.63) is 122 Å². The molecule has 2 amide bonds. The van der Waals surface area contributed by atoms with E-state index in [0.717, 1.165) is 5.56 Å². The number of anilines is 1. The number of hydrogen-bond acceptors (Lipinski definition) is 6. The summed E-state index contributed by atoms with van der Waals surface area (Å²) in [7, 11) is 1.54. The van der Waals surface area contributed by atoms with Crippen LogP contribution in [0.15, 0.2) is 99.0 Å². The van der Waals surface area contributed by atoms with Gasteiger partial charge in [-0.3, -0.25) is 9.59 Å². The third-order valence-corrected chi connectivity index (χ3v) is 6.64. The maximum Gasteiger partial charge on any atom is 0.343 e. The predicted octanol–water partition coefficient (Wildman–Crippen LogP) is 6.76. The minimum atomic E-state index is -0.575. The van der Waals surface area contributed by atoms with E-state index >= 15 is 0 Å².